The van der Waals surface area contributed by atoms with Crippen LogP contribution in [-0.2, 0) is 0 Å². The number of hydrogen-bond acceptors (Lipinski definition) is 5. The third-order valence-electron chi connectivity index (χ3n) is 4.67. The van der Waals surface area contributed by atoms with Gasteiger partial charge in [0.2, 0.25) is 5.82 Å². The molecule has 4 rings (SSSR count). The average Bonchev–Trinajstić information content (AvgIpc) is 3.08. The fourth-order valence-electron chi connectivity index (χ4n) is 3.55. The maximum Gasteiger partial charge on any atom is 0.234 e. The van der Waals surface area contributed by atoms with Crippen LogP contribution in [-0.4, -0.2) is 26.1 Å². The minimum Gasteiger partial charge on any atom is -0.345 e. The van der Waals surface area contributed by atoms with E-state index in [1.54, 1.807) is 24.5 Å². The summed E-state index contributed by atoms with van der Waals surface area (Å²) in [7, 11) is 0. The summed E-state index contributed by atoms with van der Waals surface area (Å²) in [6.07, 6.45) is 5.13. The third-order valence-corrected chi connectivity index (χ3v) is 4.67. The Kier molecular flexibility index (Phi) is 3.69. The molecule has 1 aliphatic heterocycles. The van der Waals surface area contributed by atoms with E-state index in [1.165, 1.54) is 12.1 Å². The molecular weight excluding hydrogens is 331 g/mol. The Morgan fingerprint density at radius 3 is 2.81 bits per heavy atom. The SMILES string of the molecule is CC1(C)CN(c2ccnc(C#N)n2)C1c1nccn1-c1cccc(F)c1. The lowest BCUT2D eigenvalue weighted by Crippen LogP contribution is -2.57. The molecular formula is C19H17FN6. The number of rotatable bonds is 3. The van der Waals surface area contributed by atoms with Crippen LogP contribution in [0, 0.1) is 22.6 Å². The fourth-order valence-corrected chi connectivity index (χ4v) is 3.55. The van der Waals surface area contributed by atoms with Crippen molar-refractivity contribution >= 4 is 5.82 Å². The molecule has 1 atom stereocenters. The van der Waals surface area contributed by atoms with Crippen molar-refractivity contribution in [3.8, 4) is 11.8 Å². The van der Waals surface area contributed by atoms with Gasteiger partial charge in [0.15, 0.2) is 0 Å². The Bertz CT molecular complexity index is 1000. The molecule has 26 heavy (non-hydrogen) atoms. The lowest BCUT2D eigenvalue weighted by atomic mass is 9.74. The fraction of sp³-hybridized carbons (Fsp3) is 0.263. The van der Waals surface area contributed by atoms with Crippen molar-refractivity contribution in [2.24, 2.45) is 5.41 Å². The maximum atomic E-state index is 13.7. The van der Waals surface area contributed by atoms with Crippen LogP contribution < -0.4 is 4.90 Å². The molecule has 7 heteroatoms. The third kappa shape index (κ3) is 2.60. The summed E-state index contributed by atoms with van der Waals surface area (Å²) in [5, 5.41) is 9.06. The Balaban J connectivity index is 1.76. The van der Waals surface area contributed by atoms with E-state index in [9.17, 15) is 4.39 Å². The molecule has 0 saturated carbocycles. The second-order valence-corrected chi connectivity index (χ2v) is 7.00. The van der Waals surface area contributed by atoms with Crippen LogP contribution in [0.15, 0.2) is 48.9 Å². The zero-order chi connectivity index (χ0) is 18.3. The molecule has 1 aromatic carbocycles. The average molecular weight is 348 g/mol. The highest BCUT2D eigenvalue weighted by atomic mass is 19.1. The summed E-state index contributed by atoms with van der Waals surface area (Å²) in [4.78, 5) is 14.9. The normalized spacial score (nSPS) is 18.2. The number of nitriles is 1. The Morgan fingerprint density at radius 2 is 2.08 bits per heavy atom. The van der Waals surface area contributed by atoms with Gasteiger partial charge in [0.25, 0.3) is 0 Å². The van der Waals surface area contributed by atoms with Crippen molar-refractivity contribution in [3.05, 3.63) is 66.4 Å². The number of halogens is 1. The van der Waals surface area contributed by atoms with E-state index in [2.05, 4.69) is 33.7 Å². The van der Waals surface area contributed by atoms with Crippen LogP contribution in [0.2, 0.25) is 0 Å². The van der Waals surface area contributed by atoms with Gasteiger partial charge < -0.3 is 9.47 Å². The van der Waals surface area contributed by atoms with Crippen LogP contribution >= 0.6 is 0 Å². The van der Waals surface area contributed by atoms with Gasteiger partial charge in [-0.2, -0.15) is 5.26 Å². The second kappa shape index (κ2) is 5.92. The van der Waals surface area contributed by atoms with Crippen molar-refractivity contribution in [1.29, 1.82) is 5.26 Å². The minimum atomic E-state index is -0.290. The number of hydrogen-bond donors (Lipinski definition) is 0. The summed E-state index contributed by atoms with van der Waals surface area (Å²) in [5.74, 6) is 1.35. The number of aromatic nitrogens is 4. The zero-order valence-corrected chi connectivity index (χ0v) is 14.5. The predicted octanol–water partition coefficient (Wildman–Crippen LogP) is 3.26. The van der Waals surface area contributed by atoms with E-state index in [4.69, 9.17) is 5.26 Å². The highest BCUT2D eigenvalue weighted by Crippen LogP contribution is 2.49. The standard InChI is InChI=1S/C19H17FN6/c1-19(2)12-26(16-6-7-22-15(11-21)24-16)17(19)18-23-8-9-25(18)14-5-3-4-13(20)10-14/h3-10,17H,12H2,1-2H3. The van der Waals surface area contributed by atoms with Gasteiger partial charge in [0, 0.05) is 36.2 Å². The predicted molar refractivity (Wildman–Crippen MR) is 94.1 cm³/mol. The van der Waals surface area contributed by atoms with E-state index in [1.807, 2.05) is 22.9 Å². The van der Waals surface area contributed by atoms with Gasteiger partial charge in [0.1, 0.15) is 23.5 Å². The number of anilines is 1. The molecule has 0 spiro atoms. The number of benzene rings is 1. The van der Waals surface area contributed by atoms with Crippen molar-refractivity contribution < 1.29 is 4.39 Å². The highest BCUT2D eigenvalue weighted by molar-refractivity contribution is 5.48. The van der Waals surface area contributed by atoms with Crippen LogP contribution in [0.3, 0.4) is 0 Å². The highest BCUT2D eigenvalue weighted by Gasteiger charge is 2.49. The van der Waals surface area contributed by atoms with Gasteiger partial charge in [-0.3, -0.25) is 0 Å². The van der Waals surface area contributed by atoms with E-state index in [0.717, 1.165) is 18.1 Å². The molecule has 0 bridgehead atoms. The number of imidazole rings is 1. The number of nitrogens with zero attached hydrogens (tertiary/aromatic N) is 6. The summed E-state index contributed by atoms with van der Waals surface area (Å²) >= 11 is 0. The van der Waals surface area contributed by atoms with Gasteiger partial charge >= 0.3 is 0 Å². The quantitative estimate of drug-likeness (QED) is 0.726. The lowest BCUT2D eigenvalue weighted by Gasteiger charge is -2.54. The first-order valence-corrected chi connectivity index (χ1v) is 8.28. The van der Waals surface area contributed by atoms with E-state index in [0.29, 0.717) is 5.82 Å². The maximum absolute atomic E-state index is 13.7. The molecule has 0 radical (unpaired) electrons. The molecule has 1 aliphatic rings. The van der Waals surface area contributed by atoms with Gasteiger partial charge in [-0.15, -0.1) is 0 Å². The topological polar surface area (TPSA) is 70.6 Å². The first-order valence-electron chi connectivity index (χ1n) is 8.28. The molecule has 0 aliphatic carbocycles. The lowest BCUT2D eigenvalue weighted by molar-refractivity contribution is 0.169. The summed E-state index contributed by atoms with van der Waals surface area (Å²) < 4.78 is 15.6. The zero-order valence-electron chi connectivity index (χ0n) is 14.5. The largest absolute Gasteiger partial charge is 0.345 e. The minimum absolute atomic E-state index is 0.0474. The van der Waals surface area contributed by atoms with Crippen molar-refractivity contribution in [2.75, 3.05) is 11.4 Å². The molecule has 1 saturated heterocycles. The first-order chi connectivity index (χ1) is 12.5. The van der Waals surface area contributed by atoms with Crippen LogP contribution in [0.4, 0.5) is 10.2 Å². The summed E-state index contributed by atoms with van der Waals surface area (Å²) in [6.45, 7) is 5.09. The summed E-state index contributed by atoms with van der Waals surface area (Å²) in [6, 6.07) is 10.1. The molecule has 1 fully saturated rings. The Labute approximate surface area is 150 Å². The second-order valence-electron chi connectivity index (χ2n) is 7.00. The molecule has 0 amide bonds. The van der Waals surface area contributed by atoms with Crippen molar-refractivity contribution in [2.45, 2.75) is 19.9 Å². The van der Waals surface area contributed by atoms with Crippen molar-refractivity contribution in [3.63, 3.8) is 0 Å². The van der Waals surface area contributed by atoms with Crippen LogP contribution in [0.5, 0.6) is 0 Å². The molecule has 2 aromatic heterocycles. The van der Waals surface area contributed by atoms with Gasteiger partial charge in [-0.05, 0) is 24.3 Å². The molecule has 1 unspecified atom stereocenters. The van der Waals surface area contributed by atoms with Crippen LogP contribution in [0.25, 0.3) is 5.69 Å². The van der Waals surface area contributed by atoms with Gasteiger partial charge in [-0.1, -0.05) is 19.9 Å². The molecule has 3 aromatic rings. The van der Waals surface area contributed by atoms with E-state index in [-0.39, 0.29) is 23.1 Å². The molecule has 6 nitrogen and oxygen atoms in total. The van der Waals surface area contributed by atoms with Crippen molar-refractivity contribution in [1.82, 2.24) is 19.5 Å². The Hall–Kier alpha value is -3.27. The summed E-state index contributed by atoms with van der Waals surface area (Å²) in [5.41, 5.74) is 0.675. The molecule has 3 heterocycles. The van der Waals surface area contributed by atoms with Crippen LogP contribution in [0.1, 0.15) is 31.5 Å². The van der Waals surface area contributed by atoms with E-state index < -0.39 is 0 Å². The van der Waals surface area contributed by atoms with Gasteiger partial charge in [0.05, 0.1) is 6.04 Å². The molecule has 130 valence electrons. The smallest absolute Gasteiger partial charge is 0.234 e. The Morgan fingerprint density at radius 1 is 1.23 bits per heavy atom. The molecule has 0 N–H and O–H groups in total. The first kappa shape index (κ1) is 16.2. The van der Waals surface area contributed by atoms with E-state index >= 15 is 0 Å². The monoisotopic (exact) mass is 348 g/mol. The van der Waals surface area contributed by atoms with Gasteiger partial charge in [-0.25, -0.2) is 19.3 Å².